The van der Waals surface area contributed by atoms with Crippen molar-refractivity contribution in [3.8, 4) is 0 Å². The van der Waals surface area contributed by atoms with Gasteiger partial charge in [-0.3, -0.25) is 0 Å². The average Bonchev–Trinajstić information content (AvgIpc) is 2.73. The molecule has 1 heterocycles. The Labute approximate surface area is 128 Å². The molecule has 1 saturated heterocycles. The molecular formula is C13H16Cl2FNO2S. The van der Waals surface area contributed by atoms with Gasteiger partial charge < -0.3 is 0 Å². The van der Waals surface area contributed by atoms with Crippen LogP contribution in [0.25, 0.3) is 0 Å². The Balaban J connectivity index is 2.43. The summed E-state index contributed by atoms with van der Waals surface area (Å²) in [6.45, 7) is 4.88. The lowest BCUT2D eigenvalue weighted by Gasteiger charge is -2.20. The van der Waals surface area contributed by atoms with Crippen molar-refractivity contribution in [1.29, 1.82) is 0 Å². The quantitative estimate of drug-likeness (QED) is 0.788. The highest BCUT2D eigenvalue weighted by atomic mass is 35.5. The number of hydrogen-bond donors (Lipinski definition) is 0. The van der Waals surface area contributed by atoms with Crippen molar-refractivity contribution >= 4 is 33.2 Å². The molecule has 0 saturated carbocycles. The Morgan fingerprint density at radius 2 is 2.05 bits per heavy atom. The van der Waals surface area contributed by atoms with E-state index in [0.29, 0.717) is 13.1 Å². The van der Waals surface area contributed by atoms with Crippen LogP contribution >= 0.6 is 23.2 Å². The lowest BCUT2D eigenvalue weighted by molar-refractivity contribution is 0.375. The zero-order valence-corrected chi connectivity index (χ0v) is 13.6. The second kappa shape index (κ2) is 5.44. The molecule has 0 aliphatic carbocycles. The highest BCUT2D eigenvalue weighted by molar-refractivity contribution is 7.89. The highest BCUT2D eigenvalue weighted by Gasteiger charge is 2.37. The van der Waals surface area contributed by atoms with Gasteiger partial charge in [0.2, 0.25) is 10.0 Å². The SMILES string of the molecule is CC1(C)CCN(S(=O)(=O)c2cc(F)c(Cl)c(CCl)c2)C1. The van der Waals surface area contributed by atoms with E-state index in [1.807, 2.05) is 13.8 Å². The molecule has 0 amide bonds. The maximum absolute atomic E-state index is 13.7. The summed E-state index contributed by atoms with van der Waals surface area (Å²) in [7, 11) is -3.71. The molecule has 112 valence electrons. The van der Waals surface area contributed by atoms with E-state index in [4.69, 9.17) is 23.2 Å². The maximum Gasteiger partial charge on any atom is 0.243 e. The summed E-state index contributed by atoms with van der Waals surface area (Å²) < 4.78 is 40.2. The molecule has 0 aromatic heterocycles. The van der Waals surface area contributed by atoms with Gasteiger partial charge in [-0.05, 0) is 29.5 Å². The van der Waals surface area contributed by atoms with Crippen LogP contribution in [0.4, 0.5) is 4.39 Å². The minimum absolute atomic E-state index is 0.0371. The normalized spacial score (nSPS) is 19.4. The van der Waals surface area contributed by atoms with Crippen molar-refractivity contribution in [1.82, 2.24) is 4.31 Å². The molecule has 1 aliphatic heterocycles. The van der Waals surface area contributed by atoms with E-state index in [1.54, 1.807) is 0 Å². The number of nitrogens with zero attached hydrogens (tertiary/aromatic N) is 1. The van der Waals surface area contributed by atoms with Gasteiger partial charge in [-0.15, -0.1) is 11.6 Å². The van der Waals surface area contributed by atoms with E-state index in [-0.39, 0.29) is 26.8 Å². The molecule has 1 aliphatic rings. The highest BCUT2D eigenvalue weighted by Crippen LogP contribution is 2.34. The first-order valence-corrected chi connectivity index (χ1v) is 8.57. The molecular weight excluding hydrogens is 324 g/mol. The number of sulfonamides is 1. The fourth-order valence-corrected chi connectivity index (χ4v) is 4.43. The first-order chi connectivity index (χ1) is 9.17. The standard InChI is InChI=1S/C13H16Cl2FNO2S/c1-13(2)3-4-17(8-13)20(18,19)10-5-9(7-14)12(15)11(16)6-10/h5-6H,3-4,7-8H2,1-2H3. The summed E-state index contributed by atoms with van der Waals surface area (Å²) in [6, 6.07) is 2.30. The van der Waals surface area contributed by atoms with E-state index in [2.05, 4.69) is 0 Å². The van der Waals surface area contributed by atoms with Crippen molar-refractivity contribution in [3.63, 3.8) is 0 Å². The number of halogens is 3. The van der Waals surface area contributed by atoms with Crippen LogP contribution in [-0.2, 0) is 15.9 Å². The van der Waals surface area contributed by atoms with Gasteiger partial charge in [0.05, 0.1) is 9.92 Å². The minimum Gasteiger partial charge on any atom is -0.207 e. The van der Waals surface area contributed by atoms with Gasteiger partial charge in [0, 0.05) is 19.0 Å². The van der Waals surface area contributed by atoms with Crippen LogP contribution in [0.1, 0.15) is 25.8 Å². The van der Waals surface area contributed by atoms with Crippen LogP contribution in [0.5, 0.6) is 0 Å². The third-order valence-corrected chi connectivity index (χ3v) is 6.04. The Hall–Kier alpha value is -0.360. The Morgan fingerprint density at radius 3 is 2.55 bits per heavy atom. The summed E-state index contributed by atoms with van der Waals surface area (Å²) in [5, 5.41) is -0.124. The molecule has 0 spiro atoms. The maximum atomic E-state index is 13.7. The molecule has 1 aromatic rings. The summed E-state index contributed by atoms with van der Waals surface area (Å²) in [5.74, 6) is -0.799. The Bertz CT molecular complexity index is 632. The zero-order valence-electron chi connectivity index (χ0n) is 11.3. The van der Waals surface area contributed by atoms with Crippen LogP contribution in [-0.4, -0.2) is 25.8 Å². The van der Waals surface area contributed by atoms with Gasteiger partial charge in [-0.1, -0.05) is 25.4 Å². The van der Waals surface area contributed by atoms with Crippen molar-refractivity contribution in [2.75, 3.05) is 13.1 Å². The van der Waals surface area contributed by atoms with Crippen LogP contribution in [0.2, 0.25) is 5.02 Å². The first kappa shape index (κ1) is 16.0. The fourth-order valence-electron chi connectivity index (χ4n) is 2.28. The predicted molar refractivity (Wildman–Crippen MR) is 78.1 cm³/mol. The fraction of sp³-hybridized carbons (Fsp3) is 0.538. The molecule has 0 unspecified atom stereocenters. The largest absolute Gasteiger partial charge is 0.243 e. The molecule has 1 aromatic carbocycles. The van der Waals surface area contributed by atoms with Gasteiger partial charge in [0.15, 0.2) is 0 Å². The Morgan fingerprint density at radius 1 is 1.40 bits per heavy atom. The number of rotatable bonds is 3. The van der Waals surface area contributed by atoms with Crippen molar-refractivity contribution in [2.24, 2.45) is 5.41 Å². The molecule has 3 nitrogen and oxygen atoms in total. The van der Waals surface area contributed by atoms with Crippen molar-refractivity contribution in [2.45, 2.75) is 31.0 Å². The second-order valence-electron chi connectivity index (χ2n) is 5.76. The number of benzene rings is 1. The summed E-state index contributed by atoms with van der Waals surface area (Å²) in [4.78, 5) is -0.0900. The molecule has 0 bridgehead atoms. The van der Waals surface area contributed by atoms with Crippen LogP contribution < -0.4 is 0 Å². The second-order valence-corrected chi connectivity index (χ2v) is 8.35. The summed E-state index contributed by atoms with van der Waals surface area (Å²) in [5.41, 5.74) is 0.221. The van der Waals surface area contributed by atoms with E-state index in [1.165, 1.54) is 10.4 Å². The minimum atomic E-state index is -3.71. The van der Waals surface area contributed by atoms with Crippen LogP contribution in [0.15, 0.2) is 17.0 Å². The van der Waals surface area contributed by atoms with Crippen molar-refractivity contribution < 1.29 is 12.8 Å². The molecule has 7 heteroatoms. The van der Waals surface area contributed by atoms with Crippen molar-refractivity contribution in [3.05, 3.63) is 28.5 Å². The van der Waals surface area contributed by atoms with Crippen LogP contribution in [0, 0.1) is 11.2 Å². The number of hydrogen-bond acceptors (Lipinski definition) is 2. The average molecular weight is 340 g/mol. The third kappa shape index (κ3) is 2.96. The number of alkyl halides is 1. The molecule has 1 fully saturated rings. The smallest absolute Gasteiger partial charge is 0.207 e. The lowest BCUT2D eigenvalue weighted by atomic mass is 9.93. The van der Waals surface area contributed by atoms with Gasteiger partial charge in [-0.2, -0.15) is 4.31 Å². The zero-order chi connectivity index (χ0) is 15.1. The Kier molecular flexibility index (Phi) is 4.36. The molecule has 0 N–H and O–H groups in total. The van der Waals surface area contributed by atoms with Gasteiger partial charge >= 0.3 is 0 Å². The molecule has 20 heavy (non-hydrogen) atoms. The van der Waals surface area contributed by atoms with Gasteiger partial charge in [0.25, 0.3) is 0 Å². The van der Waals surface area contributed by atoms with E-state index >= 15 is 0 Å². The first-order valence-electron chi connectivity index (χ1n) is 6.21. The monoisotopic (exact) mass is 339 g/mol. The summed E-state index contributed by atoms with van der Waals surface area (Å²) in [6.07, 6.45) is 0.782. The summed E-state index contributed by atoms with van der Waals surface area (Å²) >= 11 is 11.4. The van der Waals surface area contributed by atoms with E-state index < -0.39 is 15.8 Å². The molecule has 0 atom stereocenters. The van der Waals surface area contributed by atoms with Gasteiger partial charge in [0.1, 0.15) is 5.82 Å². The topological polar surface area (TPSA) is 37.4 Å². The predicted octanol–water partition coefficient (Wildman–Crippen LogP) is 3.64. The third-order valence-electron chi connectivity index (χ3n) is 3.50. The van der Waals surface area contributed by atoms with E-state index in [0.717, 1.165) is 12.5 Å². The van der Waals surface area contributed by atoms with Crippen LogP contribution in [0.3, 0.4) is 0 Å². The van der Waals surface area contributed by atoms with E-state index in [9.17, 15) is 12.8 Å². The molecule has 2 rings (SSSR count). The lowest BCUT2D eigenvalue weighted by Crippen LogP contribution is -2.30. The van der Waals surface area contributed by atoms with Gasteiger partial charge in [-0.25, -0.2) is 12.8 Å². The molecule has 0 radical (unpaired) electrons.